The summed E-state index contributed by atoms with van der Waals surface area (Å²) >= 11 is 0. The SMILES string of the molecule is COc1cc(CNC(=O)CN(c2ccccc2)S(=O)(=O)c2ccc(C)cc2)ccc1OC(C)C. The van der Waals surface area contributed by atoms with Gasteiger partial charge in [0.25, 0.3) is 10.0 Å². The lowest BCUT2D eigenvalue weighted by atomic mass is 10.2. The number of hydrogen-bond donors (Lipinski definition) is 1. The molecule has 34 heavy (non-hydrogen) atoms. The molecule has 0 bridgehead atoms. The first-order valence-electron chi connectivity index (χ1n) is 11.0. The number of rotatable bonds is 10. The summed E-state index contributed by atoms with van der Waals surface area (Å²) in [6, 6.07) is 20.6. The van der Waals surface area contributed by atoms with Crippen LogP contribution in [0.1, 0.15) is 25.0 Å². The van der Waals surface area contributed by atoms with Gasteiger partial charge in [0.1, 0.15) is 6.54 Å². The molecule has 3 rings (SSSR count). The monoisotopic (exact) mass is 482 g/mol. The summed E-state index contributed by atoms with van der Waals surface area (Å²) in [5.74, 6) is 0.751. The zero-order chi connectivity index (χ0) is 24.7. The molecule has 1 amide bonds. The molecule has 0 fully saturated rings. The van der Waals surface area contributed by atoms with Crippen LogP contribution < -0.4 is 19.1 Å². The van der Waals surface area contributed by atoms with Gasteiger partial charge in [-0.3, -0.25) is 9.10 Å². The minimum atomic E-state index is -3.94. The summed E-state index contributed by atoms with van der Waals surface area (Å²) in [5.41, 5.74) is 2.16. The number of sulfonamides is 1. The van der Waals surface area contributed by atoms with E-state index in [1.54, 1.807) is 73.8 Å². The van der Waals surface area contributed by atoms with Crippen molar-refractivity contribution in [1.82, 2.24) is 5.32 Å². The minimum absolute atomic E-state index is 0.00102. The highest BCUT2D eigenvalue weighted by molar-refractivity contribution is 7.92. The number of nitrogens with zero attached hydrogens (tertiary/aromatic N) is 1. The third-order valence-electron chi connectivity index (χ3n) is 5.02. The molecule has 7 nitrogen and oxygen atoms in total. The summed E-state index contributed by atoms with van der Waals surface area (Å²) in [6.45, 7) is 5.60. The number of benzene rings is 3. The van der Waals surface area contributed by atoms with Crippen molar-refractivity contribution in [3.8, 4) is 11.5 Å². The Bertz CT molecular complexity index is 1210. The molecule has 0 heterocycles. The van der Waals surface area contributed by atoms with Crippen LogP contribution in [-0.4, -0.2) is 34.1 Å². The summed E-state index contributed by atoms with van der Waals surface area (Å²) in [7, 11) is -2.39. The van der Waals surface area contributed by atoms with Crippen molar-refractivity contribution in [2.45, 2.75) is 38.3 Å². The van der Waals surface area contributed by atoms with Gasteiger partial charge in [-0.2, -0.15) is 0 Å². The number of para-hydroxylation sites is 1. The zero-order valence-electron chi connectivity index (χ0n) is 19.8. The van der Waals surface area contributed by atoms with Gasteiger partial charge in [0.15, 0.2) is 11.5 Å². The van der Waals surface area contributed by atoms with E-state index in [1.807, 2.05) is 26.8 Å². The van der Waals surface area contributed by atoms with Crippen LogP contribution in [-0.2, 0) is 21.4 Å². The molecule has 0 saturated carbocycles. The largest absolute Gasteiger partial charge is 0.493 e. The molecule has 0 unspecified atom stereocenters. The van der Waals surface area contributed by atoms with Crippen molar-refractivity contribution in [2.24, 2.45) is 0 Å². The molecule has 0 radical (unpaired) electrons. The Kier molecular flexibility index (Phi) is 8.17. The van der Waals surface area contributed by atoms with Gasteiger partial charge in [-0.15, -0.1) is 0 Å². The summed E-state index contributed by atoms with van der Waals surface area (Å²) in [6.07, 6.45) is -0.00102. The topological polar surface area (TPSA) is 84.9 Å². The predicted octanol–water partition coefficient (Wildman–Crippen LogP) is 4.30. The first-order valence-corrected chi connectivity index (χ1v) is 12.4. The summed E-state index contributed by atoms with van der Waals surface area (Å²) in [5, 5.41) is 2.80. The Morgan fingerprint density at radius 2 is 1.65 bits per heavy atom. The zero-order valence-corrected chi connectivity index (χ0v) is 20.6. The molecule has 3 aromatic rings. The van der Waals surface area contributed by atoms with Crippen LogP contribution in [0.3, 0.4) is 0 Å². The lowest BCUT2D eigenvalue weighted by Crippen LogP contribution is -2.40. The van der Waals surface area contributed by atoms with Crippen molar-refractivity contribution >= 4 is 21.6 Å². The molecular formula is C26H30N2O5S. The second-order valence-electron chi connectivity index (χ2n) is 8.09. The van der Waals surface area contributed by atoms with Gasteiger partial charge < -0.3 is 14.8 Å². The van der Waals surface area contributed by atoms with Crippen molar-refractivity contribution in [3.05, 3.63) is 83.9 Å². The van der Waals surface area contributed by atoms with Crippen LogP contribution in [0.2, 0.25) is 0 Å². The Morgan fingerprint density at radius 1 is 0.971 bits per heavy atom. The smallest absolute Gasteiger partial charge is 0.264 e. The lowest BCUT2D eigenvalue weighted by molar-refractivity contribution is -0.119. The number of anilines is 1. The molecule has 0 atom stereocenters. The molecule has 3 aromatic carbocycles. The number of carbonyl (C=O) groups is 1. The fourth-order valence-corrected chi connectivity index (χ4v) is 4.73. The average Bonchev–Trinajstić information content (AvgIpc) is 2.82. The molecule has 0 saturated heterocycles. The van der Waals surface area contributed by atoms with E-state index in [-0.39, 0.29) is 24.1 Å². The van der Waals surface area contributed by atoms with Crippen LogP contribution in [0, 0.1) is 6.92 Å². The number of amides is 1. The van der Waals surface area contributed by atoms with Crippen LogP contribution >= 0.6 is 0 Å². The highest BCUT2D eigenvalue weighted by atomic mass is 32.2. The number of hydrogen-bond acceptors (Lipinski definition) is 5. The average molecular weight is 483 g/mol. The fraction of sp³-hybridized carbons (Fsp3) is 0.269. The molecule has 0 aliphatic carbocycles. The Balaban J connectivity index is 1.77. The second-order valence-corrected chi connectivity index (χ2v) is 9.95. The number of ether oxygens (including phenoxy) is 2. The number of methoxy groups -OCH3 is 1. The summed E-state index contributed by atoms with van der Waals surface area (Å²) < 4.78 is 39.0. The lowest BCUT2D eigenvalue weighted by Gasteiger charge is -2.24. The maximum atomic E-state index is 13.4. The van der Waals surface area contributed by atoms with E-state index in [0.717, 1.165) is 15.4 Å². The van der Waals surface area contributed by atoms with Crippen molar-refractivity contribution in [2.75, 3.05) is 18.0 Å². The van der Waals surface area contributed by atoms with Gasteiger partial charge in [0.2, 0.25) is 5.91 Å². The predicted molar refractivity (Wildman–Crippen MR) is 133 cm³/mol. The molecule has 0 aliphatic heterocycles. The van der Waals surface area contributed by atoms with E-state index < -0.39 is 15.9 Å². The summed E-state index contributed by atoms with van der Waals surface area (Å²) in [4.78, 5) is 13.0. The Hall–Kier alpha value is -3.52. The van der Waals surface area contributed by atoms with Crippen molar-refractivity contribution < 1.29 is 22.7 Å². The fourth-order valence-electron chi connectivity index (χ4n) is 3.31. The van der Waals surface area contributed by atoms with Crippen LogP contribution in [0.5, 0.6) is 11.5 Å². The minimum Gasteiger partial charge on any atom is -0.493 e. The quantitative estimate of drug-likeness (QED) is 0.466. The van der Waals surface area contributed by atoms with Gasteiger partial charge in [-0.25, -0.2) is 8.42 Å². The molecular weight excluding hydrogens is 452 g/mol. The second kappa shape index (κ2) is 11.1. The normalized spacial score (nSPS) is 11.2. The van der Waals surface area contributed by atoms with Gasteiger partial charge in [-0.1, -0.05) is 42.0 Å². The van der Waals surface area contributed by atoms with E-state index in [9.17, 15) is 13.2 Å². The Morgan fingerprint density at radius 3 is 2.26 bits per heavy atom. The molecule has 1 N–H and O–H groups in total. The molecule has 0 aliphatic rings. The van der Waals surface area contributed by atoms with Gasteiger partial charge in [0.05, 0.1) is 23.8 Å². The standard InChI is InChI=1S/C26H30N2O5S/c1-19(2)33-24-15-12-21(16-25(24)32-4)17-27-26(29)18-28(22-8-6-5-7-9-22)34(30,31)23-13-10-20(3)11-14-23/h5-16,19H,17-18H2,1-4H3,(H,27,29). The molecule has 0 spiro atoms. The van der Waals surface area contributed by atoms with E-state index in [0.29, 0.717) is 17.2 Å². The third kappa shape index (κ3) is 6.29. The van der Waals surface area contributed by atoms with Gasteiger partial charge in [-0.05, 0) is 62.7 Å². The number of aryl methyl sites for hydroxylation is 1. The molecule has 180 valence electrons. The van der Waals surface area contributed by atoms with Gasteiger partial charge in [0, 0.05) is 6.54 Å². The first kappa shape index (κ1) is 25.1. The maximum absolute atomic E-state index is 13.4. The van der Waals surface area contributed by atoms with Crippen LogP contribution in [0.4, 0.5) is 5.69 Å². The van der Waals surface area contributed by atoms with E-state index in [4.69, 9.17) is 9.47 Å². The van der Waals surface area contributed by atoms with Crippen LogP contribution in [0.15, 0.2) is 77.7 Å². The first-order chi connectivity index (χ1) is 16.2. The van der Waals surface area contributed by atoms with E-state index in [2.05, 4.69) is 5.32 Å². The highest BCUT2D eigenvalue weighted by Gasteiger charge is 2.27. The van der Waals surface area contributed by atoms with E-state index >= 15 is 0 Å². The third-order valence-corrected chi connectivity index (χ3v) is 6.81. The van der Waals surface area contributed by atoms with Crippen molar-refractivity contribution in [1.29, 1.82) is 0 Å². The Labute approximate surface area is 201 Å². The number of carbonyl (C=O) groups excluding carboxylic acids is 1. The van der Waals surface area contributed by atoms with Gasteiger partial charge >= 0.3 is 0 Å². The van der Waals surface area contributed by atoms with Crippen molar-refractivity contribution in [3.63, 3.8) is 0 Å². The van der Waals surface area contributed by atoms with Crippen LogP contribution in [0.25, 0.3) is 0 Å². The maximum Gasteiger partial charge on any atom is 0.264 e. The van der Waals surface area contributed by atoms with E-state index in [1.165, 1.54) is 0 Å². The highest BCUT2D eigenvalue weighted by Crippen LogP contribution is 2.29. The number of nitrogens with one attached hydrogen (secondary N) is 1. The molecule has 8 heteroatoms. The molecule has 0 aromatic heterocycles.